The summed E-state index contributed by atoms with van der Waals surface area (Å²) >= 11 is 8.57. The second kappa shape index (κ2) is 14.2. The average molecular weight is 262 g/mol. The van der Waals surface area contributed by atoms with E-state index in [1.165, 1.54) is 0 Å². The summed E-state index contributed by atoms with van der Waals surface area (Å²) in [4.78, 5) is 0. The zero-order chi connectivity index (χ0) is 12.8. The normalized spacial score (nSPS) is 7.75. The van der Waals surface area contributed by atoms with E-state index in [1.54, 1.807) is 0 Å². The van der Waals surface area contributed by atoms with E-state index < -0.39 is 0 Å². The van der Waals surface area contributed by atoms with Gasteiger partial charge in [-0.25, -0.2) is 0 Å². The zero-order valence-electron chi connectivity index (χ0n) is 9.49. The van der Waals surface area contributed by atoms with Gasteiger partial charge in [0.2, 0.25) is 0 Å². The summed E-state index contributed by atoms with van der Waals surface area (Å²) in [6.45, 7) is 6.46. The topological polar surface area (TPSA) is 64.1 Å². The molecule has 0 aliphatic rings. The van der Waals surface area contributed by atoms with Crippen LogP contribution in [0.4, 0.5) is 0 Å². The minimum atomic E-state index is 0.557. The van der Waals surface area contributed by atoms with Gasteiger partial charge in [-0.15, -0.1) is 12.8 Å². The van der Waals surface area contributed by atoms with Crippen molar-refractivity contribution < 1.29 is 0 Å². The Labute approximate surface area is 108 Å². The summed E-state index contributed by atoms with van der Waals surface area (Å²) in [6, 6.07) is 9.44. The van der Waals surface area contributed by atoms with Crippen molar-refractivity contribution in [2.75, 3.05) is 6.54 Å². The number of rotatable bonds is 3. The predicted octanol–water partition coefficient (Wildman–Crippen LogP) is 2.55. The van der Waals surface area contributed by atoms with E-state index in [0.717, 1.165) is 18.0 Å². The number of thiol groups is 1. The molecule has 0 aromatic heterocycles. The number of nitrogens with two attached hydrogens (primary N) is 2. The summed E-state index contributed by atoms with van der Waals surface area (Å²) in [5.74, 6) is 0.557. The van der Waals surface area contributed by atoms with Crippen LogP contribution >= 0.6 is 24.4 Å². The first-order chi connectivity index (χ1) is 7.66. The fourth-order valence-electron chi connectivity index (χ4n) is 0.700. The van der Waals surface area contributed by atoms with Gasteiger partial charge in [-0.2, -0.15) is 0 Å². The molecule has 16 heavy (non-hydrogen) atoms. The first-order valence-corrected chi connectivity index (χ1v) is 5.71. The van der Waals surface area contributed by atoms with Crippen LogP contribution in [0.2, 0.25) is 5.02 Å². The van der Waals surface area contributed by atoms with Gasteiger partial charge < -0.3 is 11.1 Å². The third-order valence-electron chi connectivity index (χ3n) is 1.34. The van der Waals surface area contributed by atoms with Gasteiger partial charge in [0.1, 0.15) is 0 Å². The molecule has 0 radical (unpaired) electrons. The second-order valence-electron chi connectivity index (χ2n) is 2.75. The van der Waals surface area contributed by atoms with E-state index in [9.17, 15) is 0 Å². The lowest BCUT2D eigenvalue weighted by Crippen LogP contribution is -2.18. The second-order valence-corrected chi connectivity index (χ2v) is 3.18. The summed E-state index contributed by atoms with van der Waals surface area (Å²) in [6.07, 6.45) is 1.09. The van der Waals surface area contributed by atoms with Gasteiger partial charge in [-0.05, 0) is 18.6 Å². The van der Waals surface area contributed by atoms with Crippen LogP contribution in [0, 0.1) is 0 Å². The van der Waals surface area contributed by atoms with Crippen LogP contribution < -0.4 is 16.2 Å². The SMILES string of the molecule is C=C(N)NCCC.Clc1ccccc1.NS. The molecule has 0 unspecified atom stereocenters. The first kappa shape index (κ1) is 17.6. The minimum Gasteiger partial charge on any atom is -0.386 e. The fourth-order valence-corrected chi connectivity index (χ4v) is 0.846. The number of nitrogens with one attached hydrogen (secondary N) is 1. The Morgan fingerprint density at radius 3 is 2.06 bits per heavy atom. The van der Waals surface area contributed by atoms with Crippen molar-refractivity contribution >= 4 is 24.4 Å². The Hall–Kier alpha value is -0.840. The molecule has 0 heterocycles. The molecule has 0 saturated carbocycles. The highest BCUT2D eigenvalue weighted by Gasteiger charge is 1.77. The molecule has 0 saturated heterocycles. The van der Waals surface area contributed by atoms with E-state index in [1.807, 2.05) is 30.3 Å². The van der Waals surface area contributed by atoms with Crippen molar-refractivity contribution in [1.82, 2.24) is 5.32 Å². The quantitative estimate of drug-likeness (QED) is 0.633. The van der Waals surface area contributed by atoms with E-state index >= 15 is 0 Å². The Morgan fingerprint density at radius 1 is 1.38 bits per heavy atom. The molecule has 1 aromatic carbocycles. The highest BCUT2D eigenvalue weighted by atomic mass is 35.5. The van der Waals surface area contributed by atoms with Crippen LogP contribution in [0.5, 0.6) is 0 Å². The number of hydrogen-bond acceptors (Lipinski definition) is 4. The van der Waals surface area contributed by atoms with Crippen molar-refractivity contribution in [2.45, 2.75) is 13.3 Å². The molecule has 0 aliphatic carbocycles. The number of benzene rings is 1. The molecule has 3 nitrogen and oxygen atoms in total. The van der Waals surface area contributed by atoms with Crippen LogP contribution in [0.1, 0.15) is 13.3 Å². The third kappa shape index (κ3) is 15.6. The lowest BCUT2D eigenvalue weighted by molar-refractivity contribution is 0.764. The molecule has 5 heteroatoms. The minimum absolute atomic E-state index is 0.557. The molecule has 0 bridgehead atoms. The van der Waals surface area contributed by atoms with Gasteiger partial charge in [0.25, 0.3) is 0 Å². The Bertz CT molecular complexity index is 255. The Balaban J connectivity index is 0. The molecule has 5 N–H and O–H groups in total. The maximum absolute atomic E-state index is 5.54. The maximum atomic E-state index is 5.54. The monoisotopic (exact) mass is 261 g/mol. The highest BCUT2D eigenvalue weighted by Crippen LogP contribution is 2.03. The summed E-state index contributed by atoms with van der Waals surface area (Å²) < 4.78 is 0. The lowest BCUT2D eigenvalue weighted by atomic mass is 10.4. The molecule has 0 fully saturated rings. The van der Waals surface area contributed by atoms with Gasteiger partial charge in [-0.1, -0.05) is 43.3 Å². The van der Waals surface area contributed by atoms with Crippen LogP contribution in [0.15, 0.2) is 42.7 Å². The largest absolute Gasteiger partial charge is 0.386 e. The van der Waals surface area contributed by atoms with Crippen LogP contribution in [0.3, 0.4) is 0 Å². The molecular weight excluding hydrogens is 242 g/mol. The maximum Gasteiger partial charge on any atom is 0.0885 e. The Kier molecular flexibility index (Phi) is 15.5. The van der Waals surface area contributed by atoms with Crippen molar-refractivity contribution in [3.63, 3.8) is 0 Å². The molecule has 1 aromatic rings. The van der Waals surface area contributed by atoms with Crippen LogP contribution in [-0.2, 0) is 0 Å². The molecule has 1 rings (SSSR count). The smallest absolute Gasteiger partial charge is 0.0885 e. The van der Waals surface area contributed by atoms with Crippen molar-refractivity contribution in [1.29, 1.82) is 0 Å². The van der Waals surface area contributed by atoms with Gasteiger partial charge >= 0.3 is 0 Å². The van der Waals surface area contributed by atoms with Gasteiger partial charge in [0.05, 0.1) is 5.82 Å². The van der Waals surface area contributed by atoms with Crippen LogP contribution in [-0.4, -0.2) is 6.54 Å². The summed E-state index contributed by atoms with van der Waals surface area (Å²) in [5.41, 5.74) is 5.17. The van der Waals surface area contributed by atoms with E-state index in [-0.39, 0.29) is 0 Å². The summed E-state index contributed by atoms with van der Waals surface area (Å²) in [7, 11) is 0. The summed E-state index contributed by atoms with van der Waals surface area (Å²) in [5, 5.41) is 7.87. The van der Waals surface area contributed by atoms with E-state index in [4.69, 9.17) is 17.3 Å². The van der Waals surface area contributed by atoms with E-state index in [0.29, 0.717) is 5.82 Å². The molecule has 0 atom stereocenters. The third-order valence-corrected chi connectivity index (χ3v) is 1.59. The van der Waals surface area contributed by atoms with Crippen molar-refractivity contribution in [2.24, 2.45) is 10.9 Å². The number of halogens is 1. The standard InChI is InChI=1S/C6H5Cl.C5H12N2.H3NS/c7-6-4-2-1-3-5-6;1-3-4-7-5(2)6;1-2/h1-5H;7H,2-4,6H2,1H3;2H,1H2. The fraction of sp³-hybridized carbons (Fsp3) is 0.273. The van der Waals surface area contributed by atoms with Crippen molar-refractivity contribution in [3.05, 3.63) is 47.8 Å². The lowest BCUT2D eigenvalue weighted by Gasteiger charge is -1.98. The molecule has 0 aliphatic heterocycles. The number of hydrogen-bond donors (Lipinski definition) is 4. The Morgan fingerprint density at radius 2 is 1.88 bits per heavy atom. The van der Waals surface area contributed by atoms with Gasteiger partial charge in [0, 0.05) is 11.6 Å². The zero-order valence-corrected chi connectivity index (χ0v) is 11.1. The van der Waals surface area contributed by atoms with E-state index in [2.05, 4.69) is 36.8 Å². The van der Waals surface area contributed by atoms with Crippen LogP contribution in [0.25, 0.3) is 0 Å². The average Bonchev–Trinajstić information content (AvgIpc) is 2.31. The molecule has 92 valence electrons. The highest BCUT2D eigenvalue weighted by molar-refractivity contribution is 7.77. The molecular formula is C11H20ClN3S. The molecule has 0 spiro atoms. The van der Waals surface area contributed by atoms with Gasteiger partial charge in [0.15, 0.2) is 0 Å². The molecule has 0 amide bonds. The van der Waals surface area contributed by atoms with Crippen molar-refractivity contribution in [3.8, 4) is 0 Å². The predicted molar refractivity (Wildman–Crippen MR) is 76.2 cm³/mol. The van der Waals surface area contributed by atoms with Gasteiger partial charge in [-0.3, -0.25) is 5.14 Å². The first-order valence-electron chi connectivity index (χ1n) is 4.81.